The van der Waals surface area contributed by atoms with Gasteiger partial charge in [-0.1, -0.05) is 0 Å². The van der Waals surface area contributed by atoms with Gasteiger partial charge < -0.3 is 5.32 Å². The van der Waals surface area contributed by atoms with Crippen molar-refractivity contribution in [3.8, 4) is 5.82 Å². The van der Waals surface area contributed by atoms with Crippen LogP contribution in [0.2, 0.25) is 0 Å². The van der Waals surface area contributed by atoms with Crippen molar-refractivity contribution in [1.29, 1.82) is 0 Å². The lowest BCUT2D eigenvalue weighted by Gasteiger charge is -2.10. The summed E-state index contributed by atoms with van der Waals surface area (Å²) in [4.78, 5) is 22.9. The standard InChI is InChI=1S/C14H12F2N6O/c1-8(23)20-12-3-10-9(4-18-12)5-19-22(10)13-7-17-6-11(21-13)14(2,15)16/h3-7H,1-2H3,(H,18,20,23). The molecule has 0 aromatic carbocycles. The van der Waals surface area contributed by atoms with E-state index in [0.29, 0.717) is 16.7 Å². The minimum absolute atomic E-state index is 0.152. The van der Waals surface area contributed by atoms with E-state index in [1.165, 1.54) is 30.2 Å². The molecule has 0 atom stereocenters. The van der Waals surface area contributed by atoms with Gasteiger partial charge in [0, 0.05) is 31.5 Å². The molecule has 9 heteroatoms. The van der Waals surface area contributed by atoms with Crippen LogP contribution in [0, 0.1) is 0 Å². The normalized spacial score (nSPS) is 11.7. The van der Waals surface area contributed by atoms with Crippen molar-refractivity contribution in [3.05, 3.63) is 36.5 Å². The molecule has 0 bridgehead atoms. The van der Waals surface area contributed by atoms with E-state index in [-0.39, 0.29) is 11.7 Å². The van der Waals surface area contributed by atoms with Gasteiger partial charge in [0.25, 0.3) is 5.92 Å². The van der Waals surface area contributed by atoms with Gasteiger partial charge in [-0.3, -0.25) is 9.78 Å². The van der Waals surface area contributed by atoms with E-state index in [9.17, 15) is 13.6 Å². The van der Waals surface area contributed by atoms with Crippen LogP contribution < -0.4 is 5.32 Å². The SMILES string of the molecule is CC(=O)Nc1cc2c(cn1)cnn2-c1cncc(C(C)(F)F)n1. The van der Waals surface area contributed by atoms with E-state index >= 15 is 0 Å². The van der Waals surface area contributed by atoms with Gasteiger partial charge in [0.1, 0.15) is 11.5 Å². The molecule has 0 radical (unpaired) electrons. The van der Waals surface area contributed by atoms with Gasteiger partial charge in [0.15, 0.2) is 5.82 Å². The number of rotatable bonds is 3. The van der Waals surface area contributed by atoms with Crippen LogP contribution >= 0.6 is 0 Å². The summed E-state index contributed by atoms with van der Waals surface area (Å²) in [5.74, 6) is -2.89. The van der Waals surface area contributed by atoms with Gasteiger partial charge in [-0.05, 0) is 0 Å². The Kier molecular flexibility index (Phi) is 3.47. The number of hydrogen-bond donors (Lipinski definition) is 1. The van der Waals surface area contributed by atoms with Crippen LogP contribution in [0.5, 0.6) is 0 Å². The summed E-state index contributed by atoms with van der Waals surface area (Å²) in [6.07, 6.45) is 5.40. The second-order valence-corrected chi connectivity index (χ2v) is 5.02. The van der Waals surface area contributed by atoms with Gasteiger partial charge in [0.2, 0.25) is 5.91 Å². The predicted octanol–water partition coefficient (Wildman–Crippen LogP) is 2.28. The molecule has 0 aliphatic carbocycles. The highest BCUT2D eigenvalue weighted by atomic mass is 19.3. The van der Waals surface area contributed by atoms with Gasteiger partial charge in [-0.25, -0.2) is 14.6 Å². The Morgan fingerprint density at radius 3 is 2.74 bits per heavy atom. The first-order valence-corrected chi connectivity index (χ1v) is 6.66. The van der Waals surface area contributed by atoms with Gasteiger partial charge in [-0.2, -0.15) is 13.9 Å². The van der Waals surface area contributed by atoms with Crippen molar-refractivity contribution in [3.63, 3.8) is 0 Å². The molecule has 0 aliphatic heterocycles. The number of amides is 1. The van der Waals surface area contributed by atoms with Crippen molar-refractivity contribution in [2.45, 2.75) is 19.8 Å². The molecule has 0 aliphatic rings. The zero-order valence-electron chi connectivity index (χ0n) is 12.3. The highest BCUT2D eigenvalue weighted by molar-refractivity contribution is 5.90. The van der Waals surface area contributed by atoms with E-state index < -0.39 is 11.6 Å². The van der Waals surface area contributed by atoms with E-state index in [1.807, 2.05) is 0 Å². The van der Waals surface area contributed by atoms with E-state index in [1.54, 1.807) is 6.07 Å². The number of carbonyl (C=O) groups is 1. The number of alkyl halides is 2. The topological polar surface area (TPSA) is 85.6 Å². The highest BCUT2D eigenvalue weighted by Crippen LogP contribution is 2.25. The lowest BCUT2D eigenvalue weighted by molar-refractivity contribution is -0.114. The summed E-state index contributed by atoms with van der Waals surface area (Å²) in [5, 5.41) is 7.35. The lowest BCUT2D eigenvalue weighted by atomic mass is 10.3. The third-order valence-electron chi connectivity index (χ3n) is 3.05. The smallest absolute Gasteiger partial charge is 0.288 e. The monoisotopic (exact) mass is 318 g/mol. The average Bonchev–Trinajstić information content (AvgIpc) is 2.89. The molecule has 7 nitrogen and oxygen atoms in total. The first-order chi connectivity index (χ1) is 10.8. The van der Waals surface area contributed by atoms with Crippen LogP contribution in [0.25, 0.3) is 16.7 Å². The van der Waals surface area contributed by atoms with Crippen LogP contribution in [0.15, 0.2) is 30.9 Å². The average molecular weight is 318 g/mol. The molecule has 23 heavy (non-hydrogen) atoms. The summed E-state index contributed by atoms with van der Waals surface area (Å²) in [7, 11) is 0. The summed E-state index contributed by atoms with van der Waals surface area (Å²) in [6.45, 7) is 2.11. The Labute approximate surface area is 129 Å². The number of halogens is 2. The number of aromatic nitrogens is 5. The number of carbonyl (C=O) groups excluding carboxylic acids is 1. The van der Waals surface area contributed by atoms with Crippen LogP contribution in [0.4, 0.5) is 14.6 Å². The Balaban J connectivity index is 2.11. The second-order valence-electron chi connectivity index (χ2n) is 5.02. The molecule has 3 rings (SSSR count). The fraction of sp³-hybridized carbons (Fsp3) is 0.214. The largest absolute Gasteiger partial charge is 0.311 e. The predicted molar refractivity (Wildman–Crippen MR) is 78.3 cm³/mol. The molecule has 1 amide bonds. The summed E-state index contributed by atoms with van der Waals surface area (Å²) >= 11 is 0. The zero-order chi connectivity index (χ0) is 16.6. The fourth-order valence-corrected chi connectivity index (χ4v) is 2.02. The van der Waals surface area contributed by atoms with Crippen molar-refractivity contribution in [2.24, 2.45) is 0 Å². The zero-order valence-corrected chi connectivity index (χ0v) is 12.3. The summed E-state index contributed by atoms with van der Waals surface area (Å²) in [6, 6.07) is 1.59. The maximum atomic E-state index is 13.4. The van der Waals surface area contributed by atoms with Crippen molar-refractivity contribution >= 4 is 22.6 Å². The van der Waals surface area contributed by atoms with Crippen molar-refractivity contribution in [1.82, 2.24) is 24.7 Å². The minimum atomic E-state index is -3.10. The summed E-state index contributed by atoms with van der Waals surface area (Å²) < 4.78 is 28.2. The molecule has 0 saturated heterocycles. The number of hydrogen-bond acceptors (Lipinski definition) is 5. The molecule has 0 unspecified atom stereocenters. The Hall–Kier alpha value is -2.97. The van der Waals surface area contributed by atoms with E-state index in [2.05, 4.69) is 25.4 Å². The minimum Gasteiger partial charge on any atom is -0.311 e. The number of fused-ring (bicyclic) bond motifs is 1. The first-order valence-electron chi connectivity index (χ1n) is 6.66. The van der Waals surface area contributed by atoms with E-state index in [4.69, 9.17) is 0 Å². The van der Waals surface area contributed by atoms with Crippen LogP contribution in [0.1, 0.15) is 19.5 Å². The van der Waals surface area contributed by atoms with Gasteiger partial charge in [0.05, 0.1) is 24.1 Å². The third kappa shape index (κ3) is 2.98. The fourth-order valence-electron chi connectivity index (χ4n) is 2.02. The molecule has 3 heterocycles. The van der Waals surface area contributed by atoms with E-state index in [0.717, 1.165) is 13.1 Å². The van der Waals surface area contributed by atoms with Crippen molar-refractivity contribution < 1.29 is 13.6 Å². The van der Waals surface area contributed by atoms with Crippen LogP contribution in [-0.2, 0) is 10.7 Å². The molecule has 0 spiro atoms. The number of nitrogens with one attached hydrogen (secondary N) is 1. The molecule has 0 fully saturated rings. The molecule has 3 aromatic rings. The van der Waals surface area contributed by atoms with Gasteiger partial charge >= 0.3 is 0 Å². The first kappa shape index (κ1) is 14.9. The molecular weight excluding hydrogens is 306 g/mol. The number of anilines is 1. The maximum Gasteiger partial charge on any atom is 0.288 e. The Morgan fingerprint density at radius 1 is 1.26 bits per heavy atom. The second kappa shape index (κ2) is 5.34. The lowest BCUT2D eigenvalue weighted by Crippen LogP contribution is -2.13. The van der Waals surface area contributed by atoms with Gasteiger partial charge in [-0.15, -0.1) is 0 Å². The van der Waals surface area contributed by atoms with Crippen LogP contribution in [0.3, 0.4) is 0 Å². The van der Waals surface area contributed by atoms with Crippen molar-refractivity contribution in [2.75, 3.05) is 5.32 Å². The third-order valence-corrected chi connectivity index (χ3v) is 3.05. The molecule has 118 valence electrons. The Bertz CT molecular complexity index is 886. The summed E-state index contributed by atoms with van der Waals surface area (Å²) in [5.41, 5.74) is 0.115. The number of nitrogens with zero attached hydrogens (tertiary/aromatic N) is 5. The Morgan fingerprint density at radius 2 is 2.04 bits per heavy atom. The van der Waals surface area contributed by atoms with Crippen LogP contribution in [-0.4, -0.2) is 30.6 Å². The molecule has 1 N–H and O–H groups in total. The number of pyridine rings is 1. The maximum absolute atomic E-state index is 13.4. The molecule has 0 saturated carbocycles. The highest BCUT2D eigenvalue weighted by Gasteiger charge is 2.27. The molecular formula is C14H12F2N6O. The molecule has 3 aromatic heterocycles. The quantitative estimate of drug-likeness (QED) is 0.800.